The van der Waals surface area contributed by atoms with Crippen molar-refractivity contribution in [1.29, 1.82) is 0 Å². The molecule has 0 unspecified atom stereocenters. The minimum Gasteiger partial charge on any atom is -0.784 e. The Bertz CT molecular complexity index is 1840. The van der Waals surface area contributed by atoms with Gasteiger partial charge in [0.25, 0.3) is 5.91 Å². The number of fused-ring (bicyclic) bond motifs is 3. The Labute approximate surface area is 249 Å². The summed E-state index contributed by atoms with van der Waals surface area (Å²) in [5, 5.41) is 19.5. The van der Waals surface area contributed by atoms with Gasteiger partial charge in [-0.15, -0.1) is 0 Å². The predicted molar refractivity (Wildman–Crippen MR) is 167 cm³/mol. The quantitative estimate of drug-likeness (QED) is 0.247. The first-order valence-corrected chi connectivity index (χ1v) is 15.1. The summed E-state index contributed by atoms with van der Waals surface area (Å²) >= 11 is 0. The molecular formula is C34H36FN4O4-. The fourth-order valence-corrected chi connectivity index (χ4v) is 7.43. The van der Waals surface area contributed by atoms with Crippen molar-refractivity contribution in [1.82, 2.24) is 14.5 Å². The zero-order chi connectivity index (χ0) is 30.3. The summed E-state index contributed by atoms with van der Waals surface area (Å²) in [5.74, 6) is -0.275. The molecule has 0 spiro atoms. The predicted octanol–water partition coefficient (Wildman–Crippen LogP) is 6.95. The van der Waals surface area contributed by atoms with Crippen LogP contribution in [0.25, 0.3) is 27.4 Å². The summed E-state index contributed by atoms with van der Waals surface area (Å²) in [6, 6.07) is 12.7. The summed E-state index contributed by atoms with van der Waals surface area (Å²) in [4.78, 5) is 29.3. The van der Waals surface area contributed by atoms with Gasteiger partial charge in [0.15, 0.2) is 17.3 Å². The summed E-state index contributed by atoms with van der Waals surface area (Å²) in [5.41, 5.74) is -0.596. The Balaban J connectivity index is 1.43. The molecule has 0 radical (unpaired) electrons. The van der Waals surface area contributed by atoms with Crippen LogP contribution in [0.2, 0.25) is 0 Å². The molecule has 1 aromatic heterocycles. The number of ether oxygens (including phenoxy) is 1. The van der Waals surface area contributed by atoms with Crippen LogP contribution in [0.5, 0.6) is 11.5 Å². The zero-order valence-corrected chi connectivity index (χ0v) is 25.0. The van der Waals surface area contributed by atoms with E-state index >= 15 is 4.39 Å². The van der Waals surface area contributed by atoms with Gasteiger partial charge in [-0.25, -0.2) is 4.39 Å². The number of amides is 1. The third-order valence-electron chi connectivity index (χ3n) is 9.31. The molecule has 0 saturated carbocycles. The minimum absolute atomic E-state index is 0.0211. The highest BCUT2D eigenvalue weighted by Gasteiger charge is 2.41. The Hall–Kier alpha value is -3.95. The summed E-state index contributed by atoms with van der Waals surface area (Å²) in [6.07, 6.45) is 5.43. The van der Waals surface area contributed by atoms with Crippen molar-refractivity contribution < 1.29 is 13.9 Å². The smallest absolute Gasteiger partial charge is 0.259 e. The zero-order valence-electron chi connectivity index (χ0n) is 25.0. The lowest BCUT2D eigenvalue weighted by Gasteiger charge is -2.60. The van der Waals surface area contributed by atoms with Crippen LogP contribution in [0.1, 0.15) is 70.2 Å². The van der Waals surface area contributed by atoms with Crippen LogP contribution in [-0.4, -0.2) is 50.6 Å². The molecule has 3 aliphatic heterocycles. The molecular weight excluding hydrogens is 547 g/mol. The van der Waals surface area contributed by atoms with Gasteiger partial charge in [0.05, 0.1) is 11.1 Å². The standard InChI is InChI=1S/C34H36FN4O4/c1-33(2)17-22(18-34(3,4)39(33)42)36-28-25(35)16-23-29-31(28)43-27-15-21-11-7-6-10-20(21)14-26(27)38(29)19-24(30(23)40)32(41)37-12-8-5-9-13-37/h6-7,10-11,14-16,19,22,36H,5,8-9,12-13,17-18H2,1-4H3/q-1. The number of anilines is 1. The number of piperidine rings is 2. The fraction of sp³-hybridized carbons (Fsp3) is 0.412. The third-order valence-corrected chi connectivity index (χ3v) is 9.31. The van der Waals surface area contributed by atoms with Gasteiger partial charge in [-0.05, 0) is 88.8 Å². The van der Waals surface area contributed by atoms with Crippen LogP contribution in [-0.2, 0) is 0 Å². The minimum atomic E-state index is -0.665. The van der Waals surface area contributed by atoms with Crippen LogP contribution in [0, 0.1) is 11.0 Å². The van der Waals surface area contributed by atoms with Gasteiger partial charge in [-0.3, -0.25) is 9.59 Å². The van der Waals surface area contributed by atoms with Crippen LogP contribution < -0.4 is 15.5 Å². The van der Waals surface area contributed by atoms with Gasteiger partial charge in [0.2, 0.25) is 5.43 Å². The van der Waals surface area contributed by atoms with E-state index < -0.39 is 22.3 Å². The normalized spacial score (nSPS) is 19.7. The van der Waals surface area contributed by atoms with E-state index in [9.17, 15) is 14.8 Å². The molecule has 2 fully saturated rings. The second kappa shape index (κ2) is 9.79. The maximum Gasteiger partial charge on any atom is 0.259 e. The topological polar surface area (TPSA) is 89.9 Å². The third kappa shape index (κ3) is 4.48. The highest BCUT2D eigenvalue weighted by molar-refractivity contribution is 6.02. The van der Waals surface area contributed by atoms with Crippen LogP contribution >= 0.6 is 0 Å². The molecule has 1 amide bonds. The number of nitrogens with zero attached hydrogens (tertiary/aromatic N) is 3. The molecule has 3 aliphatic rings. The molecule has 4 heterocycles. The van der Waals surface area contributed by atoms with Crippen molar-refractivity contribution in [2.75, 3.05) is 18.4 Å². The molecule has 0 aliphatic carbocycles. The molecule has 9 heteroatoms. The van der Waals surface area contributed by atoms with Crippen LogP contribution in [0.4, 0.5) is 10.1 Å². The van der Waals surface area contributed by atoms with E-state index in [4.69, 9.17) is 4.74 Å². The van der Waals surface area contributed by atoms with E-state index in [1.165, 1.54) is 6.07 Å². The number of carbonyl (C=O) groups excluding carboxylic acids is 1. The first-order valence-electron chi connectivity index (χ1n) is 15.1. The highest BCUT2D eigenvalue weighted by atomic mass is 19.1. The number of aromatic nitrogens is 1. The first-order chi connectivity index (χ1) is 20.4. The largest absolute Gasteiger partial charge is 0.784 e. The second-order valence-electron chi connectivity index (χ2n) is 13.5. The van der Waals surface area contributed by atoms with Crippen molar-refractivity contribution in [3.8, 4) is 17.2 Å². The van der Waals surface area contributed by atoms with E-state index in [1.807, 2.05) is 68.7 Å². The number of carbonyl (C=O) groups is 1. The molecule has 0 bridgehead atoms. The summed E-state index contributed by atoms with van der Waals surface area (Å²) < 4.78 is 24.5. The van der Waals surface area contributed by atoms with Gasteiger partial charge in [0, 0.05) is 36.4 Å². The Morgan fingerprint density at radius 3 is 2.33 bits per heavy atom. The van der Waals surface area contributed by atoms with Gasteiger partial charge in [-0.1, -0.05) is 24.3 Å². The van der Waals surface area contributed by atoms with Crippen molar-refractivity contribution in [3.05, 3.63) is 75.5 Å². The second-order valence-corrected chi connectivity index (χ2v) is 13.5. The van der Waals surface area contributed by atoms with Crippen molar-refractivity contribution in [2.45, 2.75) is 76.9 Å². The number of hydroxylamine groups is 2. The number of hydrogen-bond donors (Lipinski definition) is 1. The monoisotopic (exact) mass is 583 g/mol. The molecule has 2 saturated heterocycles. The van der Waals surface area contributed by atoms with Crippen LogP contribution in [0.3, 0.4) is 0 Å². The Morgan fingerprint density at radius 2 is 1.65 bits per heavy atom. The Kier molecular flexibility index (Phi) is 6.34. The van der Waals surface area contributed by atoms with E-state index in [0.29, 0.717) is 42.9 Å². The van der Waals surface area contributed by atoms with Gasteiger partial charge in [0.1, 0.15) is 16.8 Å². The molecule has 1 N–H and O–H groups in total. The fourth-order valence-electron chi connectivity index (χ4n) is 7.43. The Morgan fingerprint density at radius 1 is 1.00 bits per heavy atom. The number of hydrogen-bond acceptors (Lipinski definition) is 6. The number of rotatable bonds is 3. The maximum atomic E-state index is 16.2. The maximum absolute atomic E-state index is 16.2. The van der Waals surface area contributed by atoms with E-state index in [-0.39, 0.29) is 34.3 Å². The molecule has 0 atom stereocenters. The molecule has 4 aromatic rings. The number of nitrogens with one attached hydrogen (secondary N) is 1. The first kappa shape index (κ1) is 27.9. The molecule has 7 rings (SSSR count). The average molecular weight is 584 g/mol. The lowest BCUT2D eigenvalue weighted by molar-refractivity contribution is 0.0130. The number of pyridine rings is 1. The van der Waals surface area contributed by atoms with Crippen LogP contribution in [0.15, 0.2) is 53.5 Å². The van der Waals surface area contributed by atoms with Gasteiger partial charge in [-0.2, -0.15) is 0 Å². The molecule has 8 nitrogen and oxygen atoms in total. The SMILES string of the molecule is CC1(C)CC(Nc2c(F)cc3c(=O)c(C(=O)N4CCCCC4)cn4c3c2Oc2cc3ccccc3cc2-4)CC(C)(C)N1[O-]. The van der Waals surface area contributed by atoms with E-state index in [2.05, 4.69) is 5.32 Å². The number of halogens is 1. The summed E-state index contributed by atoms with van der Waals surface area (Å²) in [7, 11) is 0. The summed E-state index contributed by atoms with van der Waals surface area (Å²) in [6.45, 7) is 8.77. The highest BCUT2D eigenvalue weighted by Crippen LogP contribution is 2.48. The molecule has 224 valence electrons. The lowest BCUT2D eigenvalue weighted by Crippen LogP contribution is -2.60. The van der Waals surface area contributed by atoms with Gasteiger partial charge < -0.3 is 29.8 Å². The lowest BCUT2D eigenvalue weighted by atomic mass is 9.79. The molecule has 3 aromatic carbocycles. The number of likely N-dealkylation sites (tertiary alicyclic amines) is 1. The average Bonchev–Trinajstić information content (AvgIpc) is 2.97. The van der Waals surface area contributed by atoms with E-state index in [0.717, 1.165) is 35.1 Å². The van der Waals surface area contributed by atoms with Crippen molar-refractivity contribution >= 4 is 33.3 Å². The van der Waals surface area contributed by atoms with Crippen molar-refractivity contribution in [2.24, 2.45) is 0 Å². The number of benzene rings is 3. The van der Waals surface area contributed by atoms with Gasteiger partial charge >= 0.3 is 0 Å². The van der Waals surface area contributed by atoms with E-state index in [1.54, 1.807) is 11.1 Å². The van der Waals surface area contributed by atoms with Crippen molar-refractivity contribution in [3.63, 3.8) is 0 Å². The molecule has 43 heavy (non-hydrogen) atoms.